The second-order valence-electron chi connectivity index (χ2n) is 8.36. The second kappa shape index (κ2) is 5.24. The van der Waals surface area contributed by atoms with Gasteiger partial charge in [0.1, 0.15) is 5.75 Å². The van der Waals surface area contributed by atoms with Crippen LogP contribution in [0.25, 0.3) is 0 Å². The van der Waals surface area contributed by atoms with Crippen LogP contribution in [0, 0.1) is 17.3 Å². The molecule has 4 rings (SSSR count). The van der Waals surface area contributed by atoms with E-state index in [-0.39, 0.29) is 5.41 Å². The summed E-state index contributed by atoms with van der Waals surface area (Å²) in [6, 6.07) is 6.69. The van der Waals surface area contributed by atoms with Gasteiger partial charge in [-0.1, -0.05) is 19.9 Å². The molecule has 0 saturated heterocycles. The summed E-state index contributed by atoms with van der Waals surface area (Å²) < 4.78 is 5.41. The number of ether oxygens (including phenoxy) is 1. The monoisotopic (exact) mass is 314 g/mol. The fourth-order valence-corrected chi connectivity index (χ4v) is 6.38. The van der Waals surface area contributed by atoms with Crippen LogP contribution >= 0.6 is 0 Å². The van der Waals surface area contributed by atoms with Crippen LogP contribution in [-0.2, 0) is 6.42 Å². The molecule has 1 aromatic carbocycles. The molecule has 0 aliphatic heterocycles. The third-order valence-corrected chi connectivity index (χ3v) is 7.84. The van der Waals surface area contributed by atoms with Crippen molar-refractivity contribution in [1.82, 2.24) is 0 Å². The summed E-state index contributed by atoms with van der Waals surface area (Å²) >= 11 is 0. The maximum Gasteiger partial charge on any atom is 0.119 e. The second-order valence-corrected chi connectivity index (χ2v) is 8.36. The molecule has 2 saturated carbocycles. The Labute approximate surface area is 140 Å². The van der Waals surface area contributed by atoms with Gasteiger partial charge in [-0.2, -0.15) is 0 Å². The van der Waals surface area contributed by atoms with Gasteiger partial charge in [0.15, 0.2) is 0 Å². The average molecular weight is 314 g/mol. The molecule has 0 radical (unpaired) electrons. The van der Waals surface area contributed by atoms with Crippen LogP contribution in [0.4, 0.5) is 0 Å². The molecule has 3 aliphatic rings. The Morgan fingerprint density at radius 1 is 1.22 bits per heavy atom. The van der Waals surface area contributed by atoms with Crippen LogP contribution in [0.2, 0.25) is 0 Å². The average Bonchev–Trinajstić information content (AvgIpc) is 2.86. The minimum absolute atomic E-state index is 0.132. The fourth-order valence-electron chi connectivity index (χ4n) is 6.38. The summed E-state index contributed by atoms with van der Waals surface area (Å²) in [5.74, 6) is 3.14. The topological polar surface area (TPSA) is 29.5 Å². The first-order valence-corrected chi connectivity index (χ1v) is 9.41. The van der Waals surface area contributed by atoms with Crippen molar-refractivity contribution >= 4 is 0 Å². The zero-order valence-electron chi connectivity index (χ0n) is 14.8. The van der Waals surface area contributed by atoms with Gasteiger partial charge in [0.25, 0.3) is 0 Å². The number of aryl methyl sites for hydroxylation is 1. The third-order valence-electron chi connectivity index (χ3n) is 7.84. The quantitative estimate of drug-likeness (QED) is 0.858. The molecular weight excluding hydrogens is 284 g/mol. The highest BCUT2D eigenvalue weighted by molar-refractivity contribution is 5.40. The number of aliphatic hydroxyl groups is 1. The van der Waals surface area contributed by atoms with E-state index in [1.54, 1.807) is 12.7 Å². The molecule has 3 aliphatic carbocycles. The van der Waals surface area contributed by atoms with Crippen molar-refractivity contribution in [2.75, 3.05) is 7.11 Å². The summed E-state index contributed by atoms with van der Waals surface area (Å²) in [5.41, 5.74) is 2.77. The summed E-state index contributed by atoms with van der Waals surface area (Å²) in [6.45, 7) is 4.55. The molecular formula is C21H30O2. The molecule has 0 unspecified atom stereocenters. The number of benzene rings is 1. The lowest BCUT2D eigenvalue weighted by molar-refractivity contribution is -0.104. The lowest BCUT2D eigenvalue weighted by Crippen LogP contribution is -2.50. The zero-order chi connectivity index (χ0) is 16.2. The summed E-state index contributed by atoms with van der Waals surface area (Å²) in [6.07, 6.45) is 7.99. The van der Waals surface area contributed by atoms with E-state index in [1.165, 1.54) is 37.7 Å². The van der Waals surface area contributed by atoms with E-state index >= 15 is 0 Å². The van der Waals surface area contributed by atoms with E-state index < -0.39 is 5.60 Å². The van der Waals surface area contributed by atoms with Crippen LogP contribution in [0.15, 0.2) is 18.2 Å². The molecule has 1 aromatic rings. The highest BCUT2D eigenvalue weighted by Gasteiger charge is 2.60. The maximum atomic E-state index is 11.2. The molecule has 0 spiro atoms. The largest absolute Gasteiger partial charge is 0.497 e. The Morgan fingerprint density at radius 3 is 2.78 bits per heavy atom. The molecule has 0 aromatic heterocycles. The van der Waals surface area contributed by atoms with E-state index in [1.807, 2.05) is 0 Å². The number of hydrogen-bond donors (Lipinski definition) is 1. The van der Waals surface area contributed by atoms with Gasteiger partial charge in [-0.25, -0.2) is 0 Å². The first-order chi connectivity index (χ1) is 11.0. The molecule has 5 atom stereocenters. The van der Waals surface area contributed by atoms with Crippen molar-refractivity contribution in [2.24, 2.45) is 17.3 Å². The van der Waals surface area contributed by atoms with Gasteiger partial charge < -0.3 is 9.84 Å². The van der Waals surface area contributed by atoms with Crippen LogP contribution in [0.3, 0.4) is 0 Å². The van der Waals surface area contributed by atoms with E-state index in [2.05, 4.69) is 32.0 Å². The summed E-state index contributed by atoms with van der Waals surface area (Å²) in [5, 5.41) is 11.2. The molecule has 1 N–H and O–H groups in total. The van der Waals surface area contributed by atoms with Crippen LogP contribution in [0.1, 0.15) is 69.4 Å². The number of rotatable bonds is 2. The van der Waals surface area contributed by atoms with Gasteiger partial charge in [0.2, 0.25) is 0 Å². The molecule has 0 heterocycles. The van der Waals surface area contributed by atoms with E-state index in [4.69, 9.17) is 4.74 Å². The predicted molar refractivity (Wildman–Crippen MR) is 92.9 cm³/mol. The van der Waals surface area contributed by atoms with Gasteiger partial charge in [-0.05, 0) is 91.4 Å². The normalized spacial score (nSPS) is 41.8. The standard InChI is InChI=1S/C21H30O2/c1-4-21(22)12-10-19-18-7-5-14-13-15(23-3)6-8-16(14)17(18)9-11-20(19,21)2/h6,8,13,17-19,22H,4-5,7,9-12H2,1-3H3/t17-,18-,19+,20-,21+/m0/s1. The first-order valence-electron chi connectivity index (χ1n) is 9.41. The van der Waals surface area contributed by atoms with E-state index in [9.17, 15) is 5.11 Å². The smallest absolute Gasteiger partial charge is 0.119 e. The van der Waals surface area contributed by atoms with E-state index in [0.29, 0.717) is 11.8 Å². The van der Waals surface area contributed by atoms with Crippen molar-refractivity contribution in [2.45, 2.75) is 70.3 Å². The number of hydrogen-bond acceptors (Lipinski definition) is 2. The Bertz CT molecular complexity index is 610. The van der Waals surface area contributed by atoms with Crippen LogP contribution in [-0.4, -0.2) is 17.8 Å². The third kappa shape index (κ3) is 2.03. The molecule has 2 heteroatoms. The van der Waals surface area contributed by atoms with Crippen molar-refractivity contribution in [3.8, 4) is 5.75 Å². The highest BCUT2D eigenvalue weighted by atomic mass is 16.5. The summed E-state index contributed by atoms with van der Waals surface area (Å²) in [4.78, 5) is 0. The van der Waals surface area contributed by atoms with Crippen LogP contribution < -0.4 is 4.74 Å². The minimum atomic E-state index is -0.428. The van der Waals surface area contributed by atoms with E-state index in [0.717, 1.165) is 24.5 Å². The molecule has 2 fully saturated rings. The highest BCUT2D eigenvalue weighted by Crippen LogP contribution is 2.64. The molecule has 2 nitrogen and oxygen atoms in total. The van der Waals surface area contributed by atoms with Crippen molar-refractivity contribution in [3.63, 3.8) is 0 Å². The number of methoxy groups -OCH3 is 1. The molecule has 126 valence electrons. The lowest BCUT2D eigenvalue weighted by atomic mass is 9.53. The lowest BCUT2D eigenvalue weighted by Gasteiger charge is -2.53. The van der Waals surface area contributed by atoms with Gasteiger partial charge >= 0.3 is 0 Å². The van der Waals surface area contributed by atoms with Crippen molar-refractivity contribution in [3.05, 3.63) is 29.3 Å². The van der Waals surface area contributed by atoms with Gasteiger partial charge in [0, 0.05) is 0 Å². The predicted octanol–water partition coefficient (Wildman–Crippen LogP) is 4.69. The first kappa shape index (κ1) is 15.5. The number of fused-ring (bicyclic) bond motifs is 5. The Morgan fingerprint density at radius 2 is 2.04 bits per heavy atom. The molecule has 0 amide bonds. The Hall–Kier alpha value is -1.02. The zero-order valence-corrected chi connectivity index (χ0v) is 14.8. The maximum absolute atomic E-state index is 11.2. The van der Waals surface area contributed by atoms with Crippen molar-refractivity contribution < 1.29 is 9.84 Å². The Kier molecular flexibility index (Phi) is 3.53. The fraction of sp³-hybridized carbons (Fsp3) is 0.714. The minimum Gasteiger partial charge on any atom is -0.497 e. The summed E-state index contributed by atoms with van der Waals surface area (Å²) in [7, 11) is 1.75. The van der Waals surface area contributed by atoms with Gasteiger partial charge in [0.05, 0.1) is 12.7 Å². The Balaban J connectivity index is 1.68. The van der Waals surface area contributed by atoms with Gasteiger partial charge in [-0.15, -0.1) is 0 Å². The molecule has 0 bridgehead atoms. The van der Waals surface area contributed by atoms with Crippen LogP contribution in [0.5, 0.6) is 5.75 Å². The SMILES string of the molecule is CC[C@@]1(O)CC[C@@H]2[C@H]3CCc4cc(OC)ccc4[C@@H]3CC[C@@]21C. The van der Waals surface area contributed by atoms with Gasteiger partial charge in [-0.3, -0.25) is 0 Å². The van der Waals surface area contributed by atoms with Crippen molar-refractivity contribution in [1.29, 1.82) is 0 Å². The molecule has 23 heavy (non-hydrogen) atoms.